The first kappa shape index (κ1) is 15.3. The van der Waals surface area contributed by atoms with Crippen LogP contribution in [0, 0.1) is 17.7 Å². The first-order valence-electron chi connectivity index (χ1n) is 6.85. The minimum absolute atomic E-state index is 0.0538. The second kappa shape index (κ2) is 6.55. The molecule has 1 atom stereocenters. The van der Waals surface area contributed by atoms with Crippen molar-refractivity contribution in [2.75, 3.05) is 7.05 Å². The van der Waals surface area contributed by atoms with Gasteiger partial charge in [-0.25, -0.2) is 4.39 Å². The number of benzene rings is 1. The SMILES string of the molecule is CNC(c1ccc(Br)c(Cl)c1F)C1CCC(C)CC1. The van der Waals surface area contributed by atoms with Crippen LogP contribution in [0.3, 0.4) is 0 Å². The van der Waals surface area contributed by atoms with E-state index in [0.29, 0.717) is 16.0 Å². The lowest BCUT2D eigenvalue weighted by atomic mass is 9.77. The monoisotopic (exact) mass is 347 g/mol. The first-order chi connectivity index (χ1) is 9.04. The van der Waals surface area contributed by atoms with Crippen LogP contribution in [0.1, 0.15) is 44.2 Å². The summed E-state index contributed by atoms with van der Waals surface area (Å²) in [6, 6.07) is 3.72. The Kier molecular flexibility index (Phi) is 5.27. The van der Waals surface area contributed by atoms with Crippen LogP contribution in [0.25, 0.3) is 0 Å². The van der Waals surface area contributed by atoms with Gasteiger partial charge in [0.1, 0.15) is 5.82 Å². The van der Waals surface area contributed by atoms with E-state index < -0.39 is 0 Å². The average molecular weight is 349 g/mol. The minimum atomic E-state index is -0.297. The summed E-state index contributed by atoms with van der Waals surface area (Å²) in [6.45, 7) is 2.29. The van der Waals surface area contributed by atoms with E-state index >= 15 is 0 Å². The third kappa shape index (κ3) is 3.32. The molecule has 4 heteroatoms. The standard InChI is InChI=1S/C15H20BrClFN/c1-9-3-5-10(6-4-9)15(19-2)11-7-8-12(16)13(17)14(11)18/h7-10,15,19H,3-6H2,1-2H3. The molecule has 0 aliphatic heterocycles. The highest BCUT2D eigenvalue weighted by atomic mass is 79.9. The van der Waals surface area contributed by atoms with Crippen molar-refractivity contribution in [3.8, 4) is 0 Å². The highest BCUT2D eigenvalue weighted by Gasteiger charge is 2.28. The maximum atomic E-state index is 14.3. The average Bonchev–Trinajstić information content (AvgIpc) is 2.41. The van der Waals surface area contributed by atoms with Crippen molar-refractivity contribution in [2.24, 2.45) is 11.8 Å². The molecule has 0 saturated heterocycles. The topological polar surface area (TPSA) is 12.0 Å². The number of rotatable bonds is 3. The van der Waals surface area contributed by atoms with Gasteiger partial charge in [0, 0.05) is 16.1 Å². The Hall–Kier alpha value is -0.120. The summed E-state index contributed by atoms with van der Waals surface area (Å²) >= 11 is 9.26. The lowest BCUT2D eigenvalue weighted by molar-refractivity contribution is 0.235. The lowest BCUT2D eigenvalue weighted by Crippen LogP contribution is -2.29. The third-order valence-electron chi connectivity index (χ3n) is 4.24. The van der Waals surface area contributed by atoms with Crippen LogP contribution in [-0.4, -0.2) is 7.05 Å². The molecule has 0 bridgehead atoms. The van der Waals surface area contributed by atoms with Gasteiger partial charge in [0.25, 0.3) is 0 Å². The van der Waals surface area contributed by atoms with Crippen LogP contribution in [0.4, 0.5) is 4.39 Å². The van der Waals surface area contributed by atoms with Crippen molar-refractivity contribution in [1.82, 2.24) is 5.32 Å². The smallest absolute Gasteiger partial charge is 0.147 e. The van der Waals surface area contributed by atoms with Gasteiger partial charge in [-0.05, 0) is 53.7 Å². The number of hydrogen-bond acceptors (Lipinski definition) is 1. The van der Waals surface area contributed by atoms with E-state index in [1.807, 2.05) is 19.2 Å². The van der Waals surface area contributed by atoms with Gasteiger partial charge in [-0.1, -0.05) is 37.4 Å². The van der Waals surface area contributed by atoms with Gasteiger partial charge in [0.05, 0.1) is 5.02 Å². The van der Waals surface area contributed by atoms with E-state index in [0.717, 1.165) is 18.8 Å². The molecule has 0 heterocycles. The predicted octanol–water partition coefficient (Wildman–Crippen LogP) is 5.33. The largest absolute Gasteiger partial charge is 0.313 e. The summed E-state index contributed by atoms with van der Waals surface area (Å²) in [7, 11) is 1.90. The molecule has 1 unspecified atom stereocenters. The molecule has 0 aromatic heterocycles. The van der Waals surface area contributed by atoms with Crippen LogP contribution in [0.15, 0.2) is 16.6 Å². The molecule has 0 spiro atoms. The van der Waals surface area contributed by atoms with Gasteiger partial charge in [-0.15, -0.1) is 0 Å². The normalized spacial score (nSPS) is 25.3. The summed E-state index contributed by atoms with van der Waals surface area (Å²) in [5, 5.41) is 3.46. The van der Waals surface area contributed by atoms with Crippen LogP contribution >= 0.6 is 27.5 Å². The molecule has 1 fully saturated rings. The van der Waals surface area contributed by atoms with Gasteiger partial charge < -0.3 is 5.32 Å². The predicted molar refractivity (Wildman–Crippen MR) is 82.0 cm³/mol. The summed E-state index contributed by atoms with van der Waals surface area (Å²) < 4.78 is 14.9. The zero-order valence-electron chi connectivity index (χ0n) is 11.3. The second-order valence-electron chi connectivity index (χ2n) is 5.55. The van der Waals surface area contributed by atoms with Crippen LogP contribution in [0.2, 0.25) is 5.02 Å². The van der Waals surface area contributed by atoms with Gasteiger partial charge in [-0.3, -0.25) is 0 Å². The second-order valence-corrected chi connectivity index (χ2v) is 6.78. The molecule has 1 N–H and O–H groups in total. The number of nitrogens with one attached hydrogen (secondary N) is 1. The minimum Gasteiger partial charge on any atom is -0.313 e. The Morgan fingerprint density at radius 3 is 2.53 bits per heavy atom. The maximum Gasteiger partial charge on any atom is 0.147 e. The van der Waals surface area contributed by atoms with Gasteiger partial charge >= 0.3 is 0 Å². The Labute approximate surface area is 128 Å². The Bertz CT molecular complexity index is 444. The summed E-state index contributed by atoms with van der Waals surface area (Å²) in [6.07, 6.45) is 4.77. The van der Waals surface area contributed by atoms with Gasteiger partial charge in [0.15, 0.2) is 0 Å². The zero-order valence-corrected chi connectivity index (χ0v) is 13.7. The zero-order chi connectivity index (χ0) is 14.0. The quantitative estimate of drug-likeness (QED) is 0.728. The molecule has 0 radical (unpaired) electrons. The van der Waals surface area contributed by atoms with Gasteiger partial charge in [-0.2, -0.15) is 0 Å². The van der Waals surface area contributed by atoms with Crippen molar-refractivity contribution >= 4 is 27.5 Å². The van der Waals surface area contributed by atoms with E-state index in [4.69, 9.17) is 11.6 Å². The van der Waals surface area contributed by atoms with E-state index in [1.54, 1.807) is 0 Å². The fourth-order valence-electron chi connectivity index (χ4n) is 3.05. The Balaban J connectivity index is 2.25. The van der Waals surface area contributed by atoms with Gasteiger partial charge in [0.2, 0.25) is 0 Å². The molecule has 0 amide bonds. The molecular formula is C15H20BrClFN. The van der Waals surface area contributed by atoms with E-state index in [1.165, 1.54) is 12.8 Å². The molecule has 106 valence electrons. The fraction of sp³-hybridized carbons (Fsp3) is 0.600. The molecule has 1 aromatic rings. The molecule has 1 aliphatic carbocycles. The molecule has 1 nitrogen and oxygen atoms in total. The van der Waals surface area contributed by atoms with E-state index in [-0.39, 0.29) is 16.9 Å². The molecule has 2 rings (SSSR count). The first-order valence-corrected chi connectivity index (χ1v) is 8.02. The Morgan fingerprint density at radius 2 is 1.95 bits per heavy atom. The van der Waals surface area contributed by atoms with Crippen molar-refractivity contribution in [3.05, 3.63) is 33.0 Å². The van der Waals surface area contributed by atoms with Crippen molar-refractivity contribution in [2.45, 2.75) is 38.6 Å². The van der Waals surface area contributed by atoms with Crippen LogP contribution in [0.5, 0.6) is 0 Å². The number of hydrogen-bond donors (Lipinski definition) is 1. The van der Waals surface area contributed by atoms with E-state index in [9.17, 15) is 4.39 Å². The molecular weight excluding hydrogens is 329 g/mol. The number of halogens is 3. The van der Waals surface area contributed by atoms with Crippen molar-refractivity contribution < 1.29 is 4.39 Å². The Morgan fingerprint density at radius 1 is 1.32 bits per heavy atom. The summed E-state index contributed by atoms with van der Waals surface area (Å²) in [5.41, 5.74) is 0.690. The molecule has 1 aromatic carbocycles. The molecule has 1 saturated carbocycles. The highest BCUT2D eigenvalue weighted by Crippen LogP contribution is 2.39. The molecule has 19 heavy (non-hydrogen) atoms. The van der Waals surface area contributed by atoms with Crippen molar-refractivity contribution in [3.63, 3.8) is 0 Å². The lowest BCUT2D eigenvalue weighted by Gasteiger charge is -2.33. The fourth-order valence-corrected chi connectivity index (χ4v) is 3.52. The maximum absolute atomic E-state index is 14.3. The van der Waals surface area contributed by atoms with Crippen LogP contribution < -0.4 is 5.32 Å². The summed E-state index contributed by atoms with van der Waals surface area (Å²) in [5.74, 6) is 0.995. The third-order valence-corrected chi connectivity index (χ3v) is 5.50. The highest BCUT2D eigenvalue weighted by molar-refractivity contribution is 9.10. The van der Waals surface area contributed by atoms with Crippen molar-refractivity contribution in [1.29, 1.82) is 0 Å². The summed E-state index contributed by atoms with van der Waals surface area (Å²) in [4.78, 5) is 0. The molecule has 1 aliphatic rings. The van der Waals surface area contributed by atoms with E-state index in [2.05, 4.69) is 28.2 Å². The van der Waals surface area contributed by atoms with Crippen LogP contribution in [-0.2, 0) is 0 Å².